The lowest BCUT2D eigenvalue weighted by Gasteiger charge is -2.20. The van der Waals surface area contributed by atoms with E-state index in [0.29, 0.717) is 5.69 Å². The number of aliphatic hydroxyl groups is 1. The first-order chi connectivity index (χ1) is 13.6. The van der Waals surface area contributed by atoms with Gasteiger partial charge in [0, 0.05) is 11.1 Å². The molecule has 3 aromatic rings. The number of aromatic nitrogens is 2. The quantitative estimate of drug-likeness (QED) is 0.490. The van der Waals surface area contributed by atoms with Gasteiger partial charge in [0.25, 0.3) is 0 Å². The minimum atomic E-state index is -3.98. The van der Waals surface area contributed by atoms with Crippen LogP contribution in [0, 0.1) is 0 Å². The molecule has 0 fully saturated rings. The highest BCUT2D eigenvalue weighted by Crippen LogP contribution is 2.23. The number of hydrogen-bond acceptors (Lipinski definition) is 5. The van der Waals surface area contributed by atoms with Crippen molar-refractivity contribution in [2.24, 2.45) is 0 Å². The summed E-state index contributed by atoms with van der Waals surface area (Å²) in [4.78, 5) is 12.5. The van der Waals surface area contributed by atoms with Gasteiger partial charge in [-0.2, -0.15) is 9.82 Å². The lowest BCUT2D eigenvalue weighted by molar-refractivity contribution is -0.118. The van der Waals surface area contributed by atoms with Gasteiger partial charge >= 0.3 is 0 Å². The van der Waals surface area contributed by atoms with Gasteiger partial charge in [-0.15, -0.1) is 0 Å². The molecule has 0 radical (unpaired) electrons. The first-order valence-electron chi connectivity index (χ1n) is 9.08. The number of hydrogen-bond donors (Lipinski definition) is 4. The molecule has 0 spiro atoms. The van der Waals surface area contributed by atoms with E-state index < -0.39 is 28.6 Å². The molecule has 2 aromatic carbocycles. The van der Waals surface area contributed by atoms with Gasteiger partial charge in [0.1, 0.15) is 6.04 Å². The Morgan fingerprint density at radius 3 is 2.48 bits per heavy atom. The van der Waals surface area contributed by atoms with Gasteiger partial charge in [0.15, 0.2) is 0 Å². The van der Waals surface area contributed by atoms with Crippen molar-refractivity contribution in [1.29, 1.82) is 0 Å². The zero-order chi connectivity index (χ0) is 21.2. The maximum atomic E-state index is 12.6. The Balaban J connectivity index is 1.74. The summed E-state index contributed by atoms with van der Waals surface area (Å²) in [5.41, 5.74) is 2.06. The molecule has 0 saturated heterocycles. The Labute approximate surface area is 169 Å². The summed E-state index contributed by atoms with van der Waals surface area (Å²) in [6.07, 6.45) is 1.65. The number of sulfonamides is 1. The maximum Gasteiger partial charge on any atom is 0.244 e. The number of fused-ring (bicyclic) bond motifs is 1. The number of H-pyrrole nitrogens is 1. The molecular formula is C20H24N4O4S. The SMILES string of the molecule is CC(C)(C)c1ccc(S(=O)(=O)NC(CO)C(=O)Nc2ccc3cn[nH]c3c2)cc1. The van der Waals surface area contributed by atoms with Gasteiger partial charge in [0.2, 0.25) is 15.9 Å². The number of rotatable bonds is 6. The third-order valence-corrected chi connectivity index (χ3v) is 6.02. The maximum absolute atomic E-state index is 12.6. The smallest absolute Gasteiger partial charge is 0.244 e. The topological polar surface area (TPSA) is 124 Å². The molecule has 1 amide bonds. The number of aromatic amines is 1. The first-order valence-corrected chi connectivity index (χ1v) is 10.6. The van der Waals surface area contributed by atoms with Crippen molar-refractivity contribution in [3.05, 3.63) is 54.2 Å². The minimum Gasteiger partial charge on any atom is -0.394 e. The fourth-order valence-corrected chi connectivity index (χ4v) is 3.99. The zero-order valence-electron chi connectivity index (χ0n) is 16.4. The molecule has 9 heteroatoms. The van der Waals surface area contributed by atoms with E-state index >= 15 is 0 Å². The summed E-state index contributed by atoms with van der Waals surface area (Å²) in [5, 5.41) is 19.7. The number of carbonyl (C=O) groups excluding carboxylic acids is 1. The molecule has 1 aromatic heterocycles. The van der Waals surface area contributed by atoms with Crippen LogP contribution >= 0.6 is 0 Å². The van der Waals surface area contributed by atoms with Crippen molar-refractivity contribution in [2.75, 3.05) is 11.9 Å². The first kappa shape index (κ1) is 21.0. The molecule has 3 rings (SSSR count). The van der Waals surface area contributed by atoms with Crippen molar-refractivity contribution in [3.63, 3.8) is 0 Å². The normalized spacial score (nSPS) is 13.4. The minimum absolute atomic E-state index is 0.0237. The van der Waals surface area contributed by atoms with Crippen LogP contribution in [0.3, 0.4) is 0 Å². The number of aliphatic hydroxyl groups excluding tert-OH is 1. The third kappa shape index (κ3) is 4.81. The highest BCUT2D eigenvalue weighted by Gasteiger charge is 2.26. The van der Waals surface area contributed by atoms with Gasteiger partial charge in [-0.3, -0.25) is 9.89 Å². The number of nitrogens with one attached hydrogen (secondary N) is 3. The summed E-state index contributed by atoms with van der Waals surface area (Å²) < 4.78 is 27.5. The summed E-state index contributed by atoms with van der Waals surface area (Å²) in [6, 6.07) is 10.2. The van der Waals surface area contributed by atoms with Crippen LogP contribution in [0.5, 0.6) is 0 Å². The summed E-state index contributed by atoms with van der Waals surface area (Å²) in [5.74, 6) is -0.666. The van der Waals surface area contributed by atoms with E-state index in [9.17, 15) is 18.3 Å². The molecule has 1 atom stereocenters. The predicted octanol–water partition coefficient (Wildman–Crippen LogP) is 2.14. The monoisotopic (exact) mass is 416 g/mol. The van der Waals surface area contributed by atoms with E-state index in [2.05, 4.69) is 20.2 Å². The van der Waals surface area contributed by atoms with Crippen LogP contribution in [0.4, 0.5) is 5.69 Å². The second kappa shape index (κ2) is 7.94. The molecule has 0 aliphatic carbocycles. The fraction of sp³-hybridized carbons (Fsp3) is 0.300. The molecule has 29 heavy (non-hydrogen) atoms. The van der Waals surface area contributed by atoms with Gasteiger partial charge in [-0.25, -0.2) is 8.42 Å². The standard InChI is InChI=1S/C20H24N4O4S/c1-20(2,3)14-5-8-16(9-6-14)29(27,28)24-18(12-25)19(26)22-15-7-4-13-11-21-23-17(13)10-15/h4-11,18,24-25H,12H2,1-3H3,(H,21,23)(H,22,26). The molecule has 0 aliphatic heterocycles. The summed E-state index contributed by atoms with van der Waals surface area (Å²) in [7, 11) is -3.98. The molecule has 0 bridgehead atoms. The van der Waals surface area contributed by atoms with Gasteiger partial charge in [-0.05, 0) is 41.3 Å². The Kier molecular flexibility index (Phi) is 5.74. The van der Waals surface area contributed by atoms with Crippen LogP contribution in [-0.2, 0) is 20.2 Å². The molecule has 1 unspecified atom stereocenters. The second-order valence-electron chi connectivity index (χ2n) is 7.79. The molecule has 154 valence electrons. The van der Waals surface area contributed by atoms with Crippen molar-refractivity contribution in [2.45, 2.75) is 37.1 Å². The predicted molar refractivity (Wildman–Crippen MR) is 111 cm³/mol. The van der Waals surface area contributed by atoms with Crippen LogP contribution in [-0.4, -0.2) is 42.3 Å². The van der Waals surface area contributed by atoms with Crippen molar-refractivity contribution in [1.82, 2.24) is 14.9 Å². The van der Waals surface area contributed by atoms with E-state index in [1.54, 1.807) is 36.5 Å². The van der Waals surface area contributed by atoms with Gasteiger partial charge in [0.05, 0.1) is 23.2 Å². The molecule has 8 nitrogen and oxygen atoms in total. The van der Waals surface area contributed by atoms with Crippen LogP contribution in [0.25, 0.3) is 10.9 Å². The number of nitrogens with zero attached hydrogens (tertiary/aromatic N) is 1. The zero-order valence-corrected chi connectivity index (χ0v) is 17.2. The lowest BCUT2D eigenvalue weighted by atomic mass is 9.87. The molecular weight excluding hydrogens is 392 g/mol. The van der Waals surface area contributed by atoms with Crippen LogP contribution in [0.15, 0.2) is 53.6 Å². The third-order valence-electron chi connectivity index (χ3n) is 4.54. The van der Waals surface area contributed by atoms with Crippen LogP contribution in [0.2, 0.25) is 0 Å². The second-order valence-corrected chi connectivity index (χ2v) is 9.51. The molecule has 1 heterocycles. The largest absolute Gasteiger partial charge is 0.394 e. The highest BCUT2D eigenvalue weighted by atomic mass is 32.2. The van der Waals surface area contributed by atoms with E-state index in [-0.39, 0.29) is 10.3 Å². The lowest BCUT2D eigenvalue weighted by Crippen LogP contribution is -2.46. The Bertz CT molecular complexity index is 1120. The highest BCUT2D eigenvalue weighted by molar-refractivity contribution is 7.89. The van der Waals surface area contributed by atoms with Crippen molar-refractivity contribution in [3.8, 4) is 0 Å². The average molecular weight is 417 g/mol. The van der Waals surface area contributed by atoms with Gasteiger partial charge in [-0.1, -0.05) is 32.9 Å². The van der Waals surface area contributed by atoms with Gasteiger partial charge < -0.3 is 10.4 Å². The molecule has 0 aliphatic rings. The van der Waals surface area contributed by atoms with E-state index in [0.717, 1.165) is 16.5 Å². The number of amides is 1. The summed E-state index contributed by atoms with van der Waals surface area (Å²) >= 11 is 0. The molecule has 0 saturated carbocycles. The van der Waals surface area contributed by atoms with Crippen molar-refractivity contribution >= 4 is 32.5 Å². The van der Waals surface area contributed by atoms with Crippen LogP contribution in [0.1, 0.15) is 26.3 Å². The number of benzene rings is 2. The van der Waals surface area contributed by atoms with E-state index in [1.165, 1.54) is 12.1 Å². The fourth-order valence-electron chi connectivity index (χ4n) is 2.81. The van der Waals surface area contributed by atoms with Crippen LogP contribution < -0.4 is 10.0 Å². The number of anilines is 1. The Morgan fingerprint density at radius 1 is 1.17 bits per heavy atom. The Hall–Kier alpha value is -2.75. The number of carbonyl (C=O) groups is 1. The van der Waals surface area contributed by atoms with E-state index in [4.69, 9.17) is 0 Å². The average Bonchev–Trinajstić information content (AvgIpc) is 3.13. The molecule has 4 N–H and O–H groups in total. The Morgan fingerprint density at radius 2 is 1.86 bits per heavy atom. The van der Waals surface area contributed by atoms with Crippen molar-refractivity contribution < 1.29 is 18.3 Å². The van der Waals surface area contributed by atoms with E-state index in [1.807, 2.05) is 20.8 Å². The summed E-state index contributed by atoms with van der Waals surface area (Å²) in [6.45, 7) is 5.40.